The van der Waals surface area contributed by atoms with Gasteiger partial charge in [-0.25, -0.2) is 0 Å². The van der Waals surface area contributed by atoms with Gasteiger partial charge in [-0.2, -0.15) is 0 Å². The Morgan fingerprint density at radius 2 is 1.71 bits per heavy atom. The quantitative estimate of drug-likeness (QED) is 0.417. The first-order valence-corrected chi connectivity index (χ1v) is 7.57. The summed E-state index contributed by atoms with van der Waals surface area (Å²) in [5.74, 6) is -0.452. The predicted molar refractivity (Wildman–Crippen MR) is 75.2 cm³/mol. The molecule has 0 aliphatic carbocycles. The van der Waals surface area contributed by atoms with Crippen LogP contribution in [0.4, 0.5) is 0 Å². The van der Waals surface area contributed by atoms with E-state index >= 15 is 0 Å². The van der Waals surface area contributed by atoms with Crippen molar-refractivity contribution in [3.63, 3.8) is 0 Å². The van der Waals surface area contributed by atoms with Crippen LogP contribution in [0.15, 0.2) is 0 Å². The Hall–Kier alpha value is -0.730. The number of hydrogen-bond donors (Lipinski definition) is 5. The summed E-state index contributed by atoms with van der Waals surface area (Å²) in [6.07, 6.45) is -2.11. The maximum atomic E-state index is 12.2. The average molecular weight is 305 g/mol. The summed E-state index contributed by atoms with van der Waals surface area (Å²) in [7, 11) is 0. The molecular weight excluding hydrogens is 278 g/mol. The first-order valence-electron chi connectivity index (χ1n) is 7.57. The molecule has 0 unspecified atom stereocenters. The number of hydrogen-bond acceptors (Lipinski definition) is 6. The highest BCUT2D eigenvalue weighted by molar-refractivity contribution is 5.79. The van der Waals surface area contributed by atoms with Crippen molar-refractivity contribution in [1.82, 2.24) is 5.32 Å². The monoisotopic (exact) mass is 305 g/mol. The molecule has 5 atom stereocenters. The number of rotatable bonds is 7. The van der Waals surface area contributed by atoms with E-state index in [9.17, 15) is 20.1 Å². The fourth-order valence-electron chi connectivity index (χ4n) is 2.64. The molecule has 0 spiro atoms. The molecule has 0 saturated carbocycles. The molecule has 5 N–H and O–H groups in total. The molecule has 0 aromatic carbocycles. The fourth-order valence-corrected chi connectivity index (χ4v) is 2.64. The Morgan fingerprint density at radius 1 is 1.14 bits per heavy atom. The van der Waals surface area contributed by atoms with Crippen LogP contribution in [0.2, 0.25) is 0 Å². The van der Waals surface area contributed by atoms with Crippen molar-refractivity contribution in [2.45, 2.75) is 70.2 Å². The predicted octanol–water partition coefficient (Wildman–Crippen LogP) is -0.881. The lowest BCUT2D eigenvalue weighted by molar-refractivity contribution is -0.254. The zero-order valence-electron chi connectivity index (χ0n) is 12.6. The highest BCUT2D eigenvalue weighted by atomic mass is 16.6. The van der Waals surface area contributed by atoms with Crippen LogP contribution in [0.25, 0.3) is 0 Å². The zero-order valence-corrected chi connectivity index (χ0v) is 12.6. The highest BCUT2D eigenvalue weighted by Crippen LogP contribution is 2.21. The van der Waals surface area contributed by atoms with Crippen LogP contribution < -0.4 is 5.32 Å². The van der Waals surface area contributed by atoms with Crippen molar-refractivity contribution in [3.05, 3.63) is 0 Å². The first-order chi connectivity index (χ1) is 9.96. The third-order valence-corrected chi connectivity index (χ3v) is 3.85. The molecule has 7 heteroatoms. The minimum Gasteiger partial charge on any atom is -0.394 e. The van der Waals surface area contributed by atoms with Gasteiger partial charge in [0.05, 0.1) is 6.61 Å². The molecule has 1 aliphatic heterocycles. The fraction of sp³-hybridized carbons (Fsp3) is 0.929. The molecule has 21 heavy (non-hydrogen) atoms. The van der Waals surface area contributed by atoms with Crippen LogP contribution in [0.1, 0.15) is 39.5 Å². The van der Waals surface area contributed by atoms with E-state index in [0.717, 1.165) is 25.7 Å². The summed E-state index contributed by atoms with van der Waals surface area (Å²) in [5.41, 5.74) is 0. The number of aliphatic hydroxyl groups excluding tert-OH is 4. The Bertz CT molecular complexity index is 321. The van der Waals surface area contributed by atoms with Gasteiger partial charge in [-0.3, -0.25) is 4.79 Å². The van der Waals surface area contributed by atoms with Gasteiger partial charge in [0, 0.05) is 5.92 Å². The topological polar surface area (TPSA) is 119 Å². The SMILES string of the molecule is CCCC(CCC)C(=O)N[C@@H]1[C@@H](O)[C@H](O)[C@@H](CO)O[C@H]1O. The Kier molecular flexibility index (Phi) is 7.55. The molecule has 1 rings (SSSR count). The molecule has 0 radical (unpaired) electrons. The molecule has 0 aromatic heterocycles. The van der Waals surface area contributed by atoms with E-state index in [-0.39, 0.29) is 11.8 Å². The molecule has 0 aromatic rings. The van der Waals surface area contributed by atoms with Gasteiger partial charge in [0.15, 0.2) is 6.29 Å². The summed E-state index contributed by atoms with van der Waals surface area (Å²) >= 11 is 0. The van der Waals surface area contributed by atoms with E-state index in [0.29, 0.717) is 0 Å². The minimum absolute atomic E-state index is 0.188. The number of amides is 1. The maximum absolute atomic E-state index is 12.2. The van der Waals surface area contributed by atoms with Crippen LogP contribution in [-0.4, -0.2) is 63.6 Å². The van der Waals surface area contributed by atoms with Crippen molar-refractivity contribution in [2.75, 3.05) is 6.61 Å². The third kappa shape index (κ3) is 4.62. The van der Waals surface area contributed by atoms with E-state index in [1.54, 1.807) is 0 Å². The Labute approximate surface area is 124 Å². The van der Waals surface area contributed by atoms with Crippen LogP contribution in [-0.2, 0) is 9.53 Å². The van der Waals surface area contributed by atoms with Crippen molar-refractivity contribution >= 4 is 5.91 Å². The van der Waals surface area contributed by atoms with Crippen molar-refractivity contribution in [2.24, 2.45) is 5.92 Å². The largest absolute Gasteiger partial charge is 0.394 e. The van der Waals surface area contributed by atoms with Crippen LogP contribution in [0.3, 0.4) is 0 Å². The molecule has 1 amide bonds. The van der Waals surface area contributed by atoms with Gasteiger partial charge in [0.25, 0.3) is 0 Å². The lowest BCUT2D eigenvalue weighted by Gasteiger charge is -2.40. The standard InChI is InChI=1S/C14H27NO6/c1-3-5-8(6-4-2)13(19)15-10-12(18)11(17)9(7-16)21-14(10)20/h8-12,14,16-18,20H,3-7H2,1-2H3,(H,15,19)/t9-,10-,11-,12-,14-/m1/s1. The molecule has 1 saturated heterocycles. The van der Waals surface area contributed by atoms with E-state index in [4.69, 9.17) is 9.84 Å². The summed E-state index contributed by atoms with van der Waals surface area (Å²) in [6, 6.07) is -1.11. The van der Waals surface area contributed by atoms with Crippen LogP contribution in [0, 0.1) is 5.92 Å². The first kappa shape index (κ1) is 18.3. The average Bonchev–Trinajstić information content (AvgIpc) is 2.46. The van der Waals surface area contributed by atoms with Gasteiger partial charge >= 0.3 is 0 Å². The van der Waals surface area contributed by atoms with Crippen molar-refractivity contribution < 1.29 is 30.0 Å². The highest BCUT2D eigenvalue weighted by Gasteiger charge is 2.44. The summed E-state index contributed by atoms with van der Waals surface area (Å²) in [5, 5.41) is 41.2. The van der Waals surface area contributed by atoms with Gasteiger partial charge in [0.1, 0.15) is 24.4 Å². The second kappa shape index (κ2) is 8.65. The third-order valence-electron chi connectivity index (χ3n) is 3.85. The second-order valence-corrected chi connectivity index (χ2v) is 5.54. The molecular formula is C14H27NO6. The van der Waals surface area contributed by atoms with Crippen LogP contribution >= 0.6 is 0 Å². The van der Waals surface area contributed by atoms with Crippen molar-refractivity contribution in [3.8, 4) is 0 Å². The summed E-state index contributed by atoms with van der Waals surface area (Å²) < 4.78 is 5.01. The van der Waals surface area contributed by atoms with E-state index in [1.807, 2.05) is 13.8 Å². The summed E-state index contributed by atoms with van der Waals surface area (Å²) in [6.45, 7) is 3.45. The minimum atomic E-state index is -1.46. The van der Waals surface area contributed by atoms with Gasteiger partial charge in [-0.15, -0.1) is 0 Å². The molecule has 7 nitrogen and oxygen atoms in total. The van der Waals surface area contributed by atoms with E-state index in [2.05, 4.69) is 5.32 Å². The van der Waals surface area contributed by atoms with E-state index < -0.39 is 37.3 Å². The molecule has 1 aliphatic rings. The molecule has 0 bridgehead atoms. The van der Waals surface area contributed by atoms with Crippen molar-refractivity contribution in [1.29, 1.82) is 0 Å². The van der Waals surface area contributed by atoms with Crippen LogP contribution in [0.5, 0.6) is 0 Å². The summed E-state index contributed by atoms with van der Waals surface area (Å²) in [4.78, 5) is 12.2. The Morgan fingerprint density at radius 3 is 2.19 bits per heavy atom. The smallest absolute Gasteiger partial charge is 0.223 e. The van der Waals surface area contributed by atoms with Gasteiger partial charge in [-0.1, -0.05) is 26.7 Å². The number of carbonyl (C=O) groups excluding carboxylic acids is 1. The molecule has 1 heterocycles. The lowest BCUT2D eigenvalue weighted by Crippen LogP contribution is -2.64. The normalized spacial score (nSPS) is 33.2. The Balaban J connectivity index is 2.69. The van der Waals surface area contributed by atoms with Gasteiger partial charge in [-0.05, 0) is 12.8 Å². The second-order valence-electron chi connectivity index (χ2n) is 5.54. The number of nitrogens with one attached hydrogen (secondary N) is 1. The lowest BCUT2D eigenvalue weighted by atomic mass is 9.94. The maximum Gasteiger partial charge on any atom is 0.223 e. The van der Waals surface area contributed by atoms with E-state index in [1.165, 1.54) is 0 Å². The number of carbonyl (C=O) groups is 1. The van der Waals surface area contributed by atoms with Gasteiger partial charge in [0.2, 0.25) is 5.91 Å². The molecule has 1 fully saturated rings. The van der Waals surface area contributed by atoms with Gasteiger partial charge < -0.3 is 30.5 Å². The zero-order chi connectivity index (χ0) is 16.0. The number of ether oxygens (including phenoxy) is 1. The molecule has 124 valence electrons. The number of aliphatic hydroxyl groups is 4.